The number of piperidine rings is 1. The van der Waals surface area contributed by atoms with E-state index in [0.717, 1.165) is 12.8 Å². The van der Waals surface area contributed by atoms with Crippen molar-refractivity contribution in [1.29, 1.82) is 0 Å². The van der Waals surface area contributed by atoms with Crippen molar-refractivity contribution in [3.8, 4) is 0 Å². The van der Waals surface area contributed by atoms with Gasteiger partial charge in [0.05, 0.1) is 0 Å². The molecule has 0 amide bonds. The third-order valence-corrected chi connectivity index (χ3v) is 3.65. The average molecular weight is 182 g/mol. The van der Waals surface area contributed by atoms with Gasteiger partial charge in [-0.2, -0.15) is 0 Å². The van der Waals surface area contributed by atoms with Crippen molar-refractivity contribution in [1.82, 2.24) is 4.90 Å². The summed E-state index contributed by atoms with van der Waals surface area (Å²) in [6.07, 6.45) is 4.89. The molecule has 0 spiro atoms. The highest BCUT2D eigenvalue weighted by molar-refractivity contribution is 5.64. The molecule has 2 atom stereocenters. The summed E-state index contributed by atoms with van der Waals surface area (Å²) in [5.41, 5.74) is 0. The Hall–Kier alpha value is -0.570. The van der Waals surface area contributed by atoms with Crippen molar-refractivity contribution in [3.63, 3.8) is 0 Å². The Morgan fingerprint density at radius 3 is 2.38 bits per heavy atom. The number of hydrogen-bond acceptors (Lipinski definition) is 3. The first-order chi connectivity index (χ1) is 6.16. The van der Waals surface area contributed by atoms with Gasteiger partial charge in [0.2, 0.25) is 0 Å². The summed E-state index contributed by atoms with van der Waals surface area (Å²) in [5, 5.41) is 10.5. The summed E-state index contributed by atoms with van der Waals surface area (Å²) in [6, 6.07) is 1.28. The van der Waals surface area contributed by atoms with E-state index in [0.29, 0.717) is 18.0 Å². The summed E-state index contributed by atoms with van der Waals surface area (Å²) in [4.78, 5) is 12.9. The second-order valence-electron chi connectivity index (χ2n) is 4.46. The molecule has 2 saturated heterocycles. The topological polar surface area (TPSA) is 43.4 Å². The van der Waals surface area contributed by atoms with Crippen LogP contribution in [0.3, 0.4) is 0 Å². The molecule has 0 radical (unpaired) electrons. The minimum absolute atomic E-state index is 0.265. The van der Waals surface area contributed by atoms with Crippen LogP contribution in [0.2, 0.25) is 0 Å². The number of carbonyl (C=O) groups is 1. The predicted molar refractivity (Wildman–Crippen MR) is 46.9 cm³/mol. The molecule has 2 fully saturated rings. The minimum Gasteiger partial charge on any atom is -0.550 e. The van der Waals surface area contributed by atoms with Gasteiger partial charge in [-0.1, -0.05) is 0 Å². The van der Waals surface area contributed by atoms with Gasteiger partial charge in [-0.05, 0) is 45.1 Å². The molecule has 2 aliphatic rings. The number of carboxylic acid groups (broad SMARTS) is 1. The third kappa shape index (κ3) is 1.70. The van der Waals surface area contributed by atoms with Crippen LogP contribution in [-0.4, -0.2) is 30.0 Å². The number of nitrogens with zero attached hydrogens (tertiary/aromatic N) is 1. The van der Waals surface area contributed by atoms with Crippen molar-refractivity contribution in [2.45, 2.75) is 44.2 Å². The Morgan fingerprint density at radius 2 is 1.92 bits per heavy atom. The molecule has 0 aliphatic carbocycles. The first kappa shape index (κ1) is 9.00. The van der Waals surface area contributed by atoms with Crippen LogP contribution in [0.25, 0.3) is 0 Å². The Bertz CT molecular complexity index is 203. The predicted octanol–water partition coefficient (Wildman–Crippen LogP) is -0.000800. The smallest absolute Gasteiger partial charge is 0.0417 e. The molecule has 0 N–H and O–H groups in total. The zero-order valence-electron chi connectivity index (χ0n) is 8.03. The van der Waals surface area contributed by atoms with E-state index in [4.69, 9.17) is 0 Å². The van der Waals surface area contributed by atoms with Crippen LogP contribution >= 0.6 is 0 Å². The fourth-order valence-corrected chi connectivity index (χ4v) is 2.93. The van der Waals surface area contributed by atoms with Gasteiger partial charge in [0.25, 0.3) is 0 Å². The molecule has 2 aliphatic heterocycles. The maximum Gasteiger partial charge on any atom is 0.0417 e. The lowest BCUT2D eigenvalue weighted by molar-refractivity contribution is -0.307. The number of carboxylic acids is 1. The molecule has 0 aromatic rings. The second-order valence-corrected chi connectivity index (χ2v) is 4.46. The molecule has 2 heterocycles. The summed E-state index contributed by atoms with van der Waals surface area (Å²) in [6.45, 7) is 0. The number of carbonyl (C=O) groups excluding carboxylic acids is 1. The Morgan fingerprint density at radius 1 is 1.38 bits per heavy atom. The highest BCUT2D eigenvalue weighted by Gasteiger charge is 2.37. The average Bonchev–Trinajstić information content (AvgIpc) is 2.33. The number of fused-ring (bicyclic) bond motifs is 2. The molecule has 0 aromatic heterocycles. The van der Waals surface area contributed by atoms with Crippen molar-refractivity contribution < 1.29 is 9.90 Å². The Labute approximate surface area is 78.7 Å². The van der Waals surface area contributed by atoms with Crippen LogP contribution in [0.4, 0.5) is 0 Å². The van der Waals surface area contributed by atoms with Gasteiger partial charge in [0, 0.05) is 18.1 Å². The van der Waals surface area contributed by atoms with E-state index >= 15 is 0 Å². The number of hydrogen-bond donors (Lipinski definition) is 0. The second kappa shape index (κ2) is 3.29. The minimum atomic E-state index is -0.881. The lowest BCUT2D eigenvalue weighted by Crippen LogP contribution is -2.41. The van der Waals surface area contributed by atoms with Gasteiger partial charge < -0.3 is 14.8 Å². The van der Waals surface area contributed by atoms with E-state index in [-0.39, 0.29) is 6.42 Å². The van der Waals surface area contributed by atoms with Gasteiger partial charge in [-0.3, -0.25) is 0 Å². The molecule has 74 valence electrons. The zero-order valence-corrected chi connectivity index (χ0v) is 8.03. The molecular weight excluding hydrogens is 166 g/mol. The largest absolute Gasteiger partial charge is 0.550 e. The molecule has 0 aromatic carbocycles. The maximum absolute atomic E-state index is 10.5. The van der Waals surface area contributed by atoms with Crippen molar-refractivity contribution >= 4 is 5.97 Å². The number of rotatable bonds is 2. The lowest BCUT2D eigenvalue weighted by atomic mass is 9.89. The van der Waals surface area contributed by atoms with Crippen LogP contribution in [-0.2, 0) is 4.79 Å². The zero-order chi connectivity index (χ0) is 9.42. The van der Waals surface area contributed by atoms with E-state index in [1.165, 1.54) is 12.8 Å². The van der Waals surface area contributed by atoms with Crippen LogP contribution in [0.15, 0.2) is 0 Å². The van der Waals surface area contributed by atoms with E-state index < -0.39 is 5.97 Å². The quantitative estimate of drug-likeness (QED) is 0.603. The first-order valence-electron chi connectivity index (χ1n) is 5.08. The SMILES string of the molecule is CN1C2CCC1CC(CC(=O)[O-])C2. The number of aliphatic carboxylic acids is 1. The van der Waals surface area contributed by atoms with Gasteiger partial charge in [-0.25, -0.2) is 0 Å². The molecule has 3 heteroatoms. The summed E-state index contributed by atoms with van der Waals surface area (Å²) in [7, 11) is 2.16. The highest BCUT2D eigenvalue weighted by atomic mass is 16.4. The van der Waals surface area contributed by atoms with E-state index in [9.17, 15) is 9.90 Å². The Balaban J connectivity index is 1.95. The van der Waals surface area contributed by atoms with Crippen LogP contribution in [0.5, 0.6) is 0 Å². The summed E-state index contributed by atoms with van der Waals surface area (Å²) >= 11 is 0. The van der Waals surface area contributed by atoms with Gasteiger partial charge in [-0.15, -0.1) is 0 Å². The monoisotopic (exact) mass is 182 g/mol. The molecule has 2 unspecified atom stereocenters. The molecular formula is C10H16NO2-. The first-order valence-corrected chi connectivity index (χ1v) is 5.08. The van der Waals surface area contributed by atoms with Crippen LogP contribution in [0, 0.1) is 5.92 Å². The van der Waals surface area contributed by atoms with E-state index in [1.54, 1.807) is 0 Å². The molecule has 2 bridgehead atoms. The third-order valence-electron chi connectivity index (χ3n) is 3.65. The van der Waals surface area contributed by atoms with E-state index in [2.05, 4.69) is 11.9 Å². The molecule has 3 nitrogen and oxygen atoms in total. The normalized spacial score (nSPS) is 39.3. The fourth-order valence-electron chi connectivity index (χ4n) is 2.93. The lowest BCUT2D eigenvalue weighted by Gasteiger charge is -2.36. The standard InChI is InChI=1S/C10H17NO2/c1-11-8-2-3-9(11)5-7(4-8)6-10(12)13/h7-9H,2-6H2,1H3,(H,12,13)/p-1. The summed E-state index contributed by atoms with van der Waals surface area (Å²) in [5.74, 6) is -0.507. The van der Waals surface area contributed by atoms with Crippen LogP contribution < -0.4 is 5.11 Å². The molecule has 0 saturated carbocycles. The summed E-state index contributed by atoms with van der Waals surface area (Å²) < 4.78 is 0. The van der Waals surface area contributed by atoms with Crippen molar-refractivity contribution in [3.05, 3.63) is 0 Å². The fraction of sp³-hybridized carbons (Fsp3) is 0.900. The molecule has 2 rings (SSSR count). The Kier molecular flexibility index (Phi) is 2.28. The maximum atomic E-state index is 10.5. The highest BCUT2D eigenvalue weighted by Crippen LogP contribution is 2.38. The van der Waals surface area contributed by atoms with Crippen molar-refractivity contribution in [2.75, 3.05) is 7.05 Å². The van der Waals surface area contributed by atoms with Gasteiger partial charge >= 0.3 is 0 Å². The van der Waals surface area contributed by atoms with Crippen LogP contribution in [0.1, 0.15) is 32.1 Å². The van der Waals surface area contributed by atoms with Crippen molar-refractivity contribution in [2.24, 2.45) is 5.92 Å². The van der Waals surface area contributed by atoms with E-state index in [1.807, 2.05) is 0 Å². The van der Waals surface area contributed by atoms with Gasteiger partial charge in [0.1, 0.15) is 0 Å². The van der Waals surface area contributed by atoms with Gasteiger partial charge in [0.15, 0.2) is 0 Å². The molecule has 13 heavy (non-hydrogen) atoms.